The zero-order chi connectivity index (χ0) is 18.4. The first kappa shape index (κ1) is 18.6. The summed E-state index contributed by atoms with van der Waals surface area (Å²) in [4.78, 5) is 12.2. The van der Waals surface area contributed by atoms with Crippen LogP contribution in [0.2, 0.25) is 0 Å². The van der Waals surface area contributed by atoms with E-state index < -0.39 is 0 Å². The van der Waals surface area contributed by atoms with Crippen LogP contribution in [-0.4, -0.2) is 16.1 Å². The molecule has 2 aromatic carbocycles. The van der Waals surface area contributed by atoms with Crippen molar-refractivity contribution in [2.24, 2.45) is 0 Å². The number of anilines is 1. The number of carbonyl (C=O) groups is 1. The minimum atomic E-state index is -0.0346. The molecule has 26 heavy (non-hydrogen) atoms. The van der Waals surface area contributed by atoms with Gasteiger partial charge in [-0.1, -0.05) is 90.2 Å². The third kappa shape index (κ3) is 5.41. The number of nitrogens with one attached hydrogen (secondary N) is 1. The molecule has 6 heteroatoms. The number of benzene rings is 2. The summed E-state index contributed by atoms with van der Waals surface area (Å²) in [5, 5.41) is 11.7. The van der Waals surface area contributed by atoms with Gasteiger partial charge < -0.3 is 5.32 Å². The Morgan fingerprint density at radius 2 is 1.85 bits per heavy atom. The van der Waals surface area contributed by atoms with Gasteiger partial charge >= 0.3 is 0 Å². The Hall–Kier alpha value is -2.18. The van der Waals surface area contributed by atoms with E-state index in [2.05, 4.69) is 53.6 Å². The average Bonchev–Trinajstić information content (AvgIpc) is 3.09. The second-order valence-electron chi connectivity index (χ2n) is 6.21. The predicted octanol–water partition coefficient (Wildman–Crippen LogP) is 5.27. The number of carbonyl (C=O) groups excluding carboxylic acids is 1. The minimum Gasteiger partial charge on any atom is -0.300 e. The van der Waals surface area contributed by atoms with Gasteiger partial charge in [-0.2, -0.15) is 0 Å². The number of hydrogen-bond acceptors (Lipinski definition) is 5. The molecule has 1 N–H and O–H groups in total. The molecule has 4 nitrogen and oxygen atoms in total. The maximum atomic E-state index is 12.2. The zero-order valence-corrected chi connectivity index (χ0v) is 16.4. The molecule has 3 rings (SSSR count). The summed E-state index contributed by atoms with van der Waals surface area (Å²) < 4.78 is 0.858. The van der Waals surface area contributed by atoms with E-state index in [1.165, 1.54) is 22.5 Å². The molecular formula is C20H21N3OS2. The molecule has 0 bridgehead atoms. The molecule has 0 unspecified atom stereocenters. The molecule has 0 aliphatic rings. The van der Waals surface area contributed by atoms with Gasteiger partial charge in [-0.25, -0.2) is 0 Å². The summed E-state index contributed by atoms with van der Waals surface area (Å²) in [5.41, 5.74) is 3.66. The Morgan fingerprint density at radius 3 is 2.58 bits per heavy atom. The van der Waals surface area contributed by atoms with Crippen LogP contribution in [0.15, 0.2) is 58.9 Å². The van der Waals surface area contributed by atoms with E-state index in [1.807, 2.05) is 30.3 Å². The van der Waals surface area contributed by atoms with Crippen LogP contribution in [-0.2, 0) is 10.5 Å². The lowest BCUT2D eigenvalue weighted by atomic mass is 9.98. The smallest absolute Gasteiger partial charge is 0.226 e. The number of rotatable bonds is 7. The maximum Gasteiger partial charge on any atom is 0.226 e. The first-order valence-corrected chi connectivity index (χ1v) is 10.3. The van der Waals surface area contributed by atoms with Gasteiger partial charge in [0.25, 0.3) is 0 Å². The fourth-order valence-electron chi connectivity index (χ4n) is 2.50. The van der Waals surface area contributed by atoms with Crippen molar-refractivity contribution in [1.29, 1.82) is 0 Å². The third-order valence-corrected chi connectivity index (χ3v) is 6.04. The molecule has 0 aliphatic heterocycles. The van der Waals surface area contributed by atoms with E-state index in [4.69, 9.17) is 0 Å². The van der Waals surface area contributed by atoms with Crippen LogP contribution in [0, 0.1) is 6.92 Å². The zero-order valence-electron chi connectivity index (χ0n) is 14.8. The van der Waals surface area contributed by atoms with Gasteiger partial charge in [-0.15, -0.1) is 10.2 Å². The molecular weight excluding hydrogens is 362 g/mol. The fourth-order valence-corrected chi connectivity index (χ4v) is 4.22. The van der Waals surface area contributed by atoms with Crippen LogP contribution < -0.4 is 5.32 Å². The molecule has 0 saturated carbocycles. The van der Waals surface area contributed by atoms with Crippen molar-refractivity contribution < 1.29 is 4.79 Å². The normalized spacial score (nSPS) is 11.9. The monoisotopic (exact) mass is 383 g/mol. The molecule has 3 aromatic rings. The number of hydrogen-bond donors (Lipinski definition) is 1. The lowest BCUT2D eigenvalue weighted by Crippen LogP contribution is -2.14. The number of nitrogens with zero attached hydrogens (tertiary/aromatic N) is 2. The van der Waals surface area contributed by atoms with Crippen molar-refractivity contribution in [3.05, 3.63) is 71.3 Å². The van der Waals surface area contributed by atoms with E-state index in [-0.39, 0.29) is 11.8 Å². The number of aryl methyl sites for hydroxylation is 1. The topological polar surface area (TPSA) is 54.9 Å². The van der Waals surface area contributed by atoms with Crippen molar-refractivity contribution >= 4 is 34.1 Å². The van der Waals surface area contributed by atoms with Gasteiger partial charge in [-0.3, -0.25) is 4.79 Å². The van der Waals surface area contributed by atoms with Gasteiger partial charge in [0.15, 0.2) is 4.34 Å². The van der Waals surface area contributed by atoms with E-state index >= 15 is 0 Å². The Kier molecular flexibility index (Phi) is 6.41. The van der Waals surface area contributed by atoms with E-state index in [0.717, 1.165) is 15.7 Å². The first-order chi connectivity index (χ1) is 12.6. The fraction of sp³-hybridized carbons (Fsp3) is 0.250. The van der Waals surface area contributed by atoms with Crippen molar-refractivity contribution in [3.63, 3.8) is 0 Å². The van der Waals surface area contributed by atoms with Gasteiger partial charge in [-0.05, 0) is 24.0 Å². The summed E-state index contributed by atoms with van der Waals surface area (Å²) in [5.74, 6) is 0.973. The van der Waals surface area contributed by atoms with E-state index in [9.17, 15) is 4.79 Å². The van der Waals surface area contributed by atoms with E-state index in [0.29, 0.717) is 11.6 Å². The molecule has 0 radical (unpaired) electrons. The van der Waals surface area contributed by atoms with Gasteiger partial charge in [0.05, 0.1) is 0 Å². The Bertz CT molecular complexity index is 847. The lowest BCUT2D eigenvalue weighted by molar-refractivity contribution is -0.116. The highest BCUT2D eigenvalue weighted by Crippen LogP contribution is 2.29. The summed E-state index contributed by atoms with van der Waals surface area (Å²) in [7, 11) is 0. The van der Waals surface area contributed by atoms with Crippen LogP contribution in [0.3, 0.4) is 0 Å². The average molecular weight is 384 g/mol. The molecule has 134 valence electrons. The molecule has 0 saturated heterocycles. The van der Waals surface area contributed by atoms with Crippen LogP contribution >= 0.6 is 23.1 Å². The highest BCUT2D eigenvalue weighted by atomic mass is 32.2. The third-order valence-electron chi connectivity index (χ3n) is 4.00. The van der Waals surface area contributed by atoms with Crippen LogP contribution in [0.5, 0.6) is 0 Å². The highest BCUT2D eigenvalue weighted by molar-refractivity contribution is 8.00. The standard InChI is InChI=1S/C20H21N3OS2/c1-14-8-10-16(11-9-14)13-25-20-23-22-19(26-20)21-18(24)12-15(2)17-6-4-3-5-7-17/h3-11,15H,12-13H2,1-2H3,(H,21,22,24)/t15-/m0/s1. The molecule has 1 atom stereocenters. The summed E-state index contributed by atoms with van der Waals surface area (Å²) in [6.45, 7) is 4.13. The Labute approximate surface area is 162 Å². The van der Waals surface area contributed by atoms with Gasteiger partial charge in [0, 0.05) is 12.2 Å². The van der Waals surface area contributed by atoms with Crippen molar-refractivity contribution in [2.75, 3.05) is 5.32 Å². The highest BCUT2D eigenvalue weighted by Gasteiger charge is 2.13. The van der Waals surface area contributed by atoms with Crippen LogP contribution in [0.4, 0.5) is 5.13 Å². The molecule has 1 aromatic heterocycles. The summed E-state index contributed by atoms with van der Waals surface area (Å²) >= 11 is 3.05. The van der Waals surface area contributed by atoms with Gasteiger partial charge in [0.2, 0.25) is 11.0 Å². The minimum absolute atomic E-state index is 0.0346. The number of aromatic nitrogens is 2. The molecule has 1 heterocycles. The second-order valence-corrected chi connectivity index (χ2v) is 8.41. The van der Waals surface area contributed by atoms with Crippen molar-refractivity contribution in [3.8, 4) is 0 Å². The van der Waals surface area contributed by atoms with Crippen molar-refractivity contribution in [2.45, 2.75) is 36.3 Å². The van der Waals surface area contributed by atoms with Crippen LogP contribution in [0.25, 0.3) is 0 Å². The van der Waals surface area contributed by atoms with Crippen molar-refractivity contribution in [1.82, 2.24) is 10.2 Å². The number of thioether (sulfide) groups is 1. The van der Waals surface area contributed by atoms with E-state index in [1.54, 1.807) is 11.8 Å². The summed E-state index contributed by atoms with van der Waals surface area (Å²) in [6, 6.07) is 18.5. The van der Waals surface area contributed by atoms with Crippen LogP contribution in [0.1, 0.15) is 36.0 Å². The molecule has 1 amide bonds. The summed E-state index contributed by atoms with van der Waals surface area (Å²) in [6.07, 6.45) is 0.426. The number of amides is 1. The Balaban J connectivity index is 1.49. The SMILES string of the molecule is Cc1ccc(CSc2nnc(NC(=O)C[C@H](C)c3ccccc3)s2)cc1. The molecule has 0 fully saturated rings. The largest absolute Gasteiger partial charge is 0.300 e. The predicted molar refractivity (Wildman–Crippen MR) is 109 cm³/mol. The first-order valence-electron chi connectivity index (χ1n) is 8.47. The van der Waals surface area contributed by atoms with Gasteiger partial charge in [0.1, 0.15) is 0 Å². The Morgan fingerprint density at radius 1 is 1.12 bits per heavy atom. The quantitative estimate of drug-likeness (QED) is 0.446. The maximum absolute atomic E-state index is 12.2. The molecule has 0 spiro atoms. The molecule has 0 aliphatic carbocycles. The lowest BCUT2D eigenvalue weighted by Gasteiger charge is -2.10. The second kappa shape index (κ2) is 8.96.